The highest BCUT2D eigenvalue weighted by Crippen LogP contribution is 2.34. The van der Waals surface area contributed by atoms with Crippen LogP contribution >= 0.6 is 11.6 Å². The molecule has 0 saturated carbocycles. The average molecular weight is 380 g/mol. The summed E-state index contributed by atoms with van der Waals surface area (Å²) in [6.45, 7) is 0. The van der Waals surface area contributed by atoms with Crippen molar-refractivity contribution in [3.05, 3.63) is 64.0 Å². The van der Waals surface area contributed by atoms with Crippen LogP contribution in [0.3, 0.4) is 0 Å². The molecular formula is C17H9ClF3N3O2. The van der Waals surface area contributed by atoms with Gasteiger partial charge in [-0.25, -0.2) is 9.89 Å². The van der Waals surface area contributed by atoms with Gasteiger partial charge < -0.3 is 4.74 Å². The van der Waals surface area contributed by atoms with E-state index in [1.54, 1.807) is 24.3 Å². The molecular weight excluding hydrogens is 371 g/mol. The minimum atomic E-state index is -4.78. The van der Waals surface area contributed by atoms with Gasteiger partial charge in [0.1, 0.15) is 11.4 Å². The standard InChI is InChI=1S/C17H9ClF3N3O2/c18-10-1-6-13-9(7-10)8-14-15(13)22-23-16(25)24(14)11-2-4-12(5-3-11)26-17(19,20)21/h1-8H,(H,23,25). The number of fused-ring (bicyclic) bond motifs is 3. The number of halogens is 4. The molecule has 0 spiro atoms. The number of ether oxygens (including phenoxy) is 1. The molecule has 0 fully saturated rings. The molecule has 132 valence electrons. The van der Waals surface area contributed by atoms with E-state index in [0.717, 1.165) is 22.9 Å². The molecule has 0 amide bonds. The van der Waals surface area contributed by atoms with E-state index in [0.29, 0.717) is 22.1 Å². The van der Waals surface area contributed by atoms with Crippen LogP contribution in [0.2, 0.25) is 5.02 Å². The highest BCUT2D eigenvalue weighted by molar-refractivity contribution is 6.31. The van der Waals surface area contributed by atoms with Crippen LogP contribution in [0.1, 0.15) is 0 Å². The number of nitrogens with zero attached hydrogens (tertiary/aromatic N) is 2. The van der Waals surface area contributed by atoms with E-state index in [4.69, 9.17) is 11.6 Å². The van der Waals surface area contributed by atoms with E-state index >= 15 is 0 Å². The van der Waals surface area contributed by atoms with E-state index in [2.05, 4.69) is 14.9 Å². The summed E-state index contributed by atoms with van der Waals surface area (Å²) < 4.78 is 42.0. The lowest BCUT2D eigenvalue weighted by atomic mass is 10.2. The summed E-state index contributed by atoms with van der Waals surface area (Å²) in [4.78, 5) is 12.3. The third-order valence-corrected chi connectivity index (χ3v) is 4.07. The van der Waals surface area contributed by atoms with Gasteiger partial charge in [0, 0.05) is 10.4 Å². The highest BCUT2D eigenvalue weighted by Gasteiger charge is 2.31. The first-order valence-electron chi connectivity index (χ1n) is 7.37. The number of hydrogen-bond acceptors (Lipinski definition) is 3. The number of hydrogen-bond donors (Lipinski definition) is 1. The normalized spacial score (nSPS) is 12.0. The number of nitrogens with one attached hydrogen (secondary N) is 1. The first-order chi connectivity index (χ1) is 12.3. The van der Waals surface area contributed by atoms with Gasteiger partial charge in [0.15, 0.2) is 0 Å². The fraction of sp³-hybridized carbons (Fsp3) is 0.0588. The second-order valence-electron chi connectivity index (χ2n) is 5.52. The van der Waals surface area contributed by atoms with Gasteiger partial charge in [0.2, 0.25) is 0 Å². The Labute approximate surface area is 148 Å². The molecule has 0 unspecified atom stereocenters. The number of benzene rings is 2. The lowest BCUT2D eigenvalue weighted by Gasteiger charge is -2.12. The van der Waals surface area contributed by atoms with Crippen LogP contribution in [0.15, 0.2) is 53.3 Å². The topological polar surface area (TPSA) is 59.9 Å². The zero-order valence-corrected chi connectivity index (χ0v) is 13.6. The lowest BCUT2D eigenvalue weighted by molar-refractivity contribution is -0.274. The van der Waals surface area contributed by atoms with E-state index in [1.807, 2.05) is 0 Å². The van der Waals surface area contributed by atoms with E-state index < -0.39 is 12.1 Å². The van der Waals surface area contributed by atoms with Crippen molar-refractivity contribution in [3.8, 4) is 22.8 Å². The van der Waals surface area contributed by atoms with Crippen molar-refractivity contribution in [2.45, 2.75) is 6.36 Å². The zero-order valence-electron chi connectivity index (χ0n) is 12.8. The minimum Gasteiger partial charge on any atom is -0.406 e. The maximum atomic E-state index is 12.3. The molecule has 0 saturated heterocycles. The summed E-state index contributed by atoms with van der Waals surface area (Å²) in [6, 6.07) is 12.0. The van der Waals surface area contributed by atoms with Crippen LogP contribution in [-0.2, 0) is 0 Å². The Morgan fingerprint density at radius 3 is 2.50 bits per heavy atom. The summed E-state index contributed by atoms with van der Waals surface area (Å²) in [5.41, 5.74) is 0.903. The van der Waals surface area contributed by atoms with Crippen molar-refractivity contribution in [1.82, 2.24) is 14.8 Å². The molecule has 0 radical (unpaired) electrons. The van der Waals surface area contributed by atoms with Crippen molar-refractivity contribution in [3.63, 3.8) is 0 Å². The smallest absolute Gasteiger partial charge is 0.406 e. The third kappa shape index (κ3) is 2.88. The van der Waals surface area contributed by atoms with Gasteiger partial charge in [-0.15, -0.1) is 13.2 Å². The Morgan fingerprint density at radius 2 is 1.81 bits per heavy atom. The summed E-state index contributed by atoms with van der Waals surface area (Å²) >= 11 is 6.00. The van der Waals surface area contributed by atoms with Crippen LogP contribution < -0.4 is 10.4 Å². The Kier molecular flexibility index (Phi) is 3.66. The van der Waals surface area contributed by atoms with Crippen molar-refractivity contribution in [2.24, 2.45) is 0 Å². The largest absolute Gasteiger partial charge is 0.573 e. The summed E-state index contributed by atoms with van der Waals surface area (Å²) in [5, 5.41) is 8.61. The highest BCUT2D eigenvalue weighted by atomic mass is 35.5. The van der Waals surface area contributed by atoms with E-state index in [1.165, 1.54) is 16.7 Å². The molecule has 1 aliphatic heterocycles. The molecule has 0 bridgehead atoms. The number of alkyl halides is 3. The van der Waals surface area contributed by atoms with E-state index in [-0.39, 0.29) is 5.75 Å². The monoisotopic (exact) mass is 379 g/mol. The Hall–Kier alpha value is -3.00. The minimum absolute atomic E-state index is 0.370. The predicted molar refractivity (Wildman–Crippen MR) is 90.0 cm³/mol. The molecule has 2 aliphatic rings. The SMILES string of the molecule is O=c1[nH]nc2c3ccc(Cl)cc3cc-2n1-c1ccc(OC(F)(F)F)cc1. The fourth-order valence-corrected chi connectivity index (χ4v) is 3.01. The molecule has 2 aromatic carbocycles. The van der Waals surface area contributed by atoms with Crippen LogP contribution in [0, 0.1) is 0 Å². The second kappa shape index (κ2) is 5.77. The van der Waals surface area contributed by atoms with Crippen LogP contribution in [0.4, 0.5) is 13.2 Å². The molecule has 9 heteroatoms. The van der Waals surface area contributed by atoms with Gasteiger partial charge in [0.05, 0.1) is 11.4 Å². The summed E-state index contributed by atoms with van der Waals surface area (Å²) in [5.74, 6) is -0.372. The molecule has 2 aromatic rings. The maximum Gasteiger partial charge on any atom is 0.573 e. The Bertz CT molecular complexity index is 1130. The maximum absolute atomic E-state index is 12.3. The summed E-state index contributed by atoms with van der Waals surface area (Å²) in [7, 11) is 0. The Morgan fingerprint density at radius 1 is 1.08 bits per heavy atom. The van der Waals surface area contributed by atoms with Crippen LogP contribution in [0.5, 0.6) is 5.75 Å². The van der Waals surface area contributed by atoms with Gasteiger partial charge in [-0.1, -0.05) is 17.7 Å². The van der Waals surface area contributed by atoms with Crippen LogP contribution in [0.25, 0.3) is 27.8 Å². The molecule has 26 heavy (non-hydrogen) atoms. The molecule has 1 N–H and O–H groups in total. The quantitative estimate of drug-likeness (QED) is 0.562. The third-order valence-electron chi connectivity index (χ3n) is 3.84. The lowest BCUT2D eigenvalue weighted by Crippen LogP contribution is -2.24. The summed E-state index contributed by atoms with van der Waals surface area (Å²) in [6.07, 6.45) is -4.78. The molecule has 1 heterocycles. The van der Waals surface area contributed by atoms with Gasteiger partial charge in [-0.3, -0.25) is 4.57 Å². The van der Waals surface area contributed by atoms with Gasteiger partial charge in [-0.2, -0.15) is 5.10 Å². The molecule has 0 atom stereocenters. The average Bonchev–Trinajstić information content (AvgIpc) is 2.91. The molecule has 4 rings (SSSR count). The molecule has 0 aromatic heterocycles. The zero-order chi connectivity index (χ0) is 18.5. The number of rotatable bonds is 2. The second-order valence-corrected chi connectivity index (χ2v) is 5.95. The van der Waals surface area contributed by atoms with Crippen molar-refractivity contribution in [1.29, 1.82) is 0 Å². The molecule has 5 nitrogen and oxygen atoms in total. The molecule has 1 aliphatic carbocycles. The number of aromatic nitrogens is 3. The first kappa shape index (κ1) is 16.5. The number of H-pyrrole nitrogens is 1. The van der Waals surface area contributed by atoms with Crippen molar-refractivity contribution in [2.75, 3.05) is 0 Å². The van der Waals surface area contributed by atoms with Gasteiger partial charge >= 0.3 is 12.1 Å². The first-order valence-corrected chi connectivity index (χ1v) is 7.75. The van der Waals surface area contributed by atoms with Crippen molar-refractivity contribution < 1.29 is 17.9 Å². The van der Waals surface area contributed by atoms with Crippen molar-refractivity contribution >= 4 is 22.4 Å². The fourth-order valence-electron chi connectivity index (χ4n) is 2.83. The predicted octanol–water partition coefficient (Wildman–Crippen LogP) is 4.37. The van der Waals surface area contributed by atoms with Gasteiger partial charge in [-0.05, 0) is 47.9 Å². The Balaban J connectivity index is 1.86. The number of aromatic amines is 1. The van der Waals surface area contributed by atoms with E-state index in [9.17, 15) is 18.0 Å². The van der Waals surface area contributed by atoms with Crippen LogP contribution in [-0.4, -0.2) is 21.1 Å². The van der Waals surface area contributed by atoms with Gasteiger partial charge in [0.25, 0.3) is 0 Å².